The van der Waals surface area contributed by atoms with E-state index in [9.17, 15) is 0 Å². The molecule has 0 bridgehead atoms. The van der Waals surface area contributed by atoms with Gasteiger partial charge in [0.15, 0.2) is 0 Å². The molecule has 0 spiro atoms. The summed E-state index contributed by atoms with van der Waals surface area (Å²) in [4.78, 5) is 2.66. The lowest BCUT2D eigenvalue weighted by Crippen LogP contribution is -2.67. The Kier molecular flexibility index (Phi) is 5.75. The van der Waals surface area contributed by atoms with Crippen molar-refractivity contribution in [3.05, 3.63) is 60.7 Å². The standard InChI is InChI=1S/C24H34N2OSi/c1-24(2,3)28(21-10-6-4-7-11-21,22-12-8-5-9-13-22)27-17-16-26-15-14-20-18-25-19-23(20)26/h4-13,20,23,25H,14-19H2,1-3H3. The first-order chi connectivity index (χ1) is 13.5. The monoisotopic (exact) mass is 394 g/mol. The van der Waals surface area contributed by atoms with Gasteiger partial charge in [-0.3, -0.25) is 4.90 Å². The van der Waals surface area contributed by atoms with Gasteiger partial charge in [-0.1, -0.05) is 81.4 Å². The number of rotatable bonds is 6. The van der Waals surface area contributed by atoms with E-state index in [-0.39, 0.29) is 5.04 Å². The molecule has 0 aliphatic carbocycles. The molecule has 2 unspecified atom stereocenters. The van der Waals surface area contributed by atoms with Crippen LogP contribution in [0.5, 0.6) is 0 Å². The smallest absolute Gasteiger partial charge is 0.261 e. The first kappa shape index (κ1) is 19.8. The van der Waals surface area contributed by atoms with E-state index in [1.54, 1.807) is 0 Å². The average Bonchev–Trinajstić information content (AvgIpc) is 3.30. The molecule has 2 aromatic carbocycles. The number of hydrogen-bond donors (Lipinski definition) is 1. The van der Waals surface area contributed by atoms with Crippen molar-refractivity contribution in [3.8, 4) is 0 Å². The second-order valence-electron chi connectivity index (χ2n) is 9.32. The molecule has 2 aromatic rings. The Hall–Kier alpha value is -1.46. The number of likely N-dealkylation sites (tertiary alicyclic amines) is 1. The Balaban J connectivity index is 1.61. The maximum atomic E-state index is 7.05. The summed E-state index contributed by atoms with van der Waals surface area (Å²) in [6, 6.07) is 22.6. The molecule has 4 rings (SSSR count). The van der Waals surface area contributed by atoms with E-state index in [1.165, 1.54) is 29.9 Å². The lowest BCUT2D eigenvalue weighted by atomic mass is 10.1. The molecule has 150 valence electrons. The van der Waals surface area contributed by atoms with Crippen LogP contribution < -0.4 is 15.7 Å². The van der Waals surface area contributed by atoms with Crippen molar-refractivity contribution in [1.82, 2.24) is 10.2 Å². The molecule has 2 heterocycles. The van der Waals surface area contributed by atoms with Crippen LogP contribution >= 0.6 is 0 Å². The maximum absolute atomic E-state index is 7.05. The van der Waals surface area contributed by atoms with E-state index in [1.807, 2.05) is 0 Å². The van der Waals surface area contributed by atoms with Crippen molar-refractivity contribution >= 4 is 18.7 Å². The van der Waals surface area contributed by atoms with Gasteiger partial charge in [0, 0.05) is 25.7 Å². The van der Waals surface area contributed by atoms with Gasteiger partial charge in [0.25, 0.3) is 8.32 Å². The quantitative estimate of drug-likeness (QED) is 0.763. The molecule has 2 fully saturated rings. The Labute approximate surface area is 171 Å². The van der Waals surface area contributed by atoms with Gasteiger partial charge in [-0.25, -0.2) is 0 Å². The second-order valence-corrected chi connectivity index (χ2v) is 13.6. The maximum Gasteiger partial charge on any atom is 0.261 e. The van der Waals surface area contributed by atoms with E-state index in [0.717, 1.165) is 25.6 Å². The van der Waals surface area contributed by atoms with Crippen LogP contribution in [0, 0.1) is 5.92 Å². The molecule has 1 N–H and O–H groups in total. The van der Waals surface area contributed by atoms with Crippen molar-refractivity contribution in [2.75, 3.05) is 32.8 Å². The van der Waals surface area contributed by atoms with Gasteiger partial charge < -0.3 is 9.74 Å². The number of fused-ring (bicyclic) bond motifs is 1. The lowest BCUT2D eigenvalue weighted by molar-refractivity contribution is 0.190. The van der Waals surface area contributed by atoms with Crippen molar-refractivity contribution in [2.45, 2.75) is 38.3 Å². The molecule has 2 atom stereocenters. The topological polar surface area (TPSA) is 24.5 Å². The molecule has 0 amide bonds. The molecule has 0 saturated carbocycles. The zero-order valence-corrected chi connectivity index (χ0v) is 18.5. The molecule has 0 radical (unpaired) electrons. The van der Waals surface area contributed by atoms with E-state index >= 15 is 0 Å². The van der Waals surface area contributed by atoms with Crippen LogP contribution in [-0.4, -0.2) is 52.0 Å². The minimum absolute atomic E-state index is 0.0537. The summed E-state index contributed by atoms with van der Waals surface area (Å²) in [7, 11) is -2.40. The SMILES string of the molecule is CC(C)(C)[Si](OCCN1CCC2CNCC21)(c1ccccc1)c1ccccc1. The van der Waals surface area contributed by atoms with E-state index in [4.69, 9.17) is 4.43 Å². The van der Waals surface area contributed by atoms with Crippen LogP contribution in [0.25, 0.3) is 0 Å². The molecule has 28 heavy (non-hydrogen) atoms. The summed E-state index contributed by atoms with van der Waals surface area (Å²) < 4.78 is 7.05. The Morgan fingerprint density at radius 2 is 1.57 bits per heavy atom. The van der Waals surface area contributed by atoms with Gasteiger partial charge in [0.1, 0.15) is 0 Å². The zero-order chi connectivity index (χ0) is 19.6. The molecule has 4 heteroatoms. The Bertz CT molecular complexity index is 720. The predicted octanol–water partition coefficient (Wildman–Crippen LogP) is 2.86. The van der Waals surface area contributed by atoms with Gasteiger partial charge in [-0.2, -0.15) is 0 Å². The van der Waals surface area contributed by atoms with Crippen molar-refractivity contribution in [3.63, 3.8) is 0 Å². The molecule has 3 nitrogen and oxygen atoms in total. The third-order valence-electron chi connectivity index (χ3n) is 6.67. The van der Waals surface area contributed by atoms with Crippen LogP contribution in [-0.2, 0) is 4.43 Å². The minimum Gasteiger partial charge on any atom is -0.406 e. The first-order valence-corrected chi connectivity index (χ1v) is 12.6. The lowest BCUT2D eigenvalue weighted by Gasteiger charge is -2.43. The third kappa shape index (κ3) is 3.59. The highest BCUT2D eigenvalue weighted by Gasteiger charge is 2.50. The summed E-state index contributed by atoms with van der Waals surface area (Å²) in [6.07, 6.45) is 1.33. The summed E-state index contributed by atoms with van der Waals surface area (Å²) >= 11 is 0. The highest BCUT2D eigenvalue weighted by Crippen LogP contribution is 2.37. The molecule has 2 saturated heterocycles. The fraction of sp³-hybridized carbons (Fsp3) is 0.500. The molecular weight excluding hydrogens is 360 g/mol. The zero-order valence-electron chi connectivity index (χ0n) is 17.5. The van der Waals surface area contributed by atoms with Gasteiger partial charge >= 0.3 is 0 Å². The Morgan fingerprint density at radius 1 is 0.964 bits per heavy atom. The third-order valence-corrected chi connectivity index (χ3v) is 11.7. The van der Waals surface area contributed by atoms with E-state index in [0.29, 0.717) is 6.04 Å². The van der Waals surface area contributed by atoms with Crippen LogP contribution in [0.4, 0.5) is 0 Å². The largest absolute Gasteiger partial charge is 0.406 e. The summed E-state index contributed by atoms with van der Waals surface area (Å²) in [6.45, 7) is 12.5. The van der Waals surface area contributed by atoms with Crippen LogP contribution in [0.3, 0.4) is 0 Å². The van der Waals surface area contributed by atoms with E-state index in [2.05, 4.69) is 91.7 Å². The van der Waals surface area contributed by atoms with Crippen LogP contribution in [0.1, 0.15) is 27.2 Å². The minimum atomic E-state index is -2.40. The van der Waals surface area contributed by atoms with Gasteiger partial charge in [0.05, 0.1) is 0 Å². The fourth-order valence-corrected chi connectivity index (χ4v) is 9.85. The number of nitrogens with one attached hydrogen (secondary N) is 1. The first-order valence-electron chi connectivity index (χ1n) is 10.7. The Morgan fingerprint density at radius 3 is 2.14 bits per heavy atom. The summed E-state index contributed by atoms with van der Waals surface area (Å²) in [5.74, 6) is 0.841. The average molecular weight is 395 g/mol. The molecular formula is C24H34N2OSi. The fourth-order valence-electron chi connectivity index (χ4n) is 5.29. The number of benzene rings is 2. The van der Waals surface area contributed by atoms with Crippen LogP contribution in [0.15, 0.2) is 60.7 Å². The van der Waals surface area contributed by atoms with Crippen molar-refractivity contribution < 1.29 is 4.43 Å². The summed E-state index contributed by atoms with van der Waals surface area (Å²) in [5.41, 5.74) is 0. The van der Waals surface area contributed by atoms with Gasteiger partial charge in [0.2, 0.25) is 0 Å². The molecule has 2 aliphatic rings. The normalized spacial score (nSPS) is 23.1. The number of hydrogen-bond acceptors (Lipinski definition) is 3. The van der Waals surface area contributed by atoms with E-state index < -0.39 is 8.32 Å². The van der Waals surface area contributed by atoms with Crippen molar-refractivity contribution in [2.24, 2.45) is 5.92 Å². The molecule has 2 aliphatic heterocycles. The van der Waals surface area contributed by atoms with Gasteiger partial charge in [-0.05, 0) is 40.8 Å². The van der Waals surface area contributed by atoms with Crippen molar-refractivity contribution in [1.29, 1.82) is 0 Å². The second kappa shape index (κ2) is 8.11. The number of nitrogens with zero attached hydrogens (tertiary/aromatic N) is 1. The highest BCUT2D eigenvalue weighted by atomic mass is 28.4. The highest BCUT2D eigenvalue weighted by molar-refractivity contribution is 6.99. The van der Waals surface area contributed by atoms with Crippen LogP contribution in [0.2, 0.25) is 5.04 Å². The molecule has 0 aromatic heterocycles. The summed E-state index contributed by atoms with van der Waals surface area (Å²) in [5, 5.41) is 6.36. The van der Waals surface area contributed by atoms with Gasteiger partial charge in [-0.15, -0.1) is 0 Å². The predicted molar refractivity (Wildman–Crippen MR) is 120 cm³/mol.